The summed E-state index contributed by atoms with van der Waals surface area (Å²) in [4.78, 5) is 4.00. The molecule has 0 atom stereocenters. The molecule has 27 heavy (non-hydrogen) atoms. The largest absolute Gasteiger partial charge is 0.457 e. The van der Waals surface area contributed by atoms with Gasteiger partial charge in [0.05, 0.1) is 0 Å². The fraction of sp³-hybridized carbons (Fsp3) is 0.368. The zero-order valence-electron chi connectivity index (χ0n) is 17.1. The van der Waals surface area contributed by atoms with E-state index in [1.54, 1.807) is 0 Å². The summed E-state index contributed by atoms with van der Waals surface area (Å²) in [5.41, 5.74) is 1.15. The Bertz CT molecular complexity index is 686. The summed E-state index contributed by atoms with van der Waals surface area (Å²) in [6, 6.07) is 17.8. The number of hydrogen-bond acceptors (Lipinski definition) is 5. The average molecular weight is 401 g/mol. The van der Waals surface area contributed by atoms with Crippen LogP contribution in [-0.4, -0.2) is 69.6 Å². The summed E-state index contributed by atoms with van der Waals surface area (Å²) in [6.07, 6.45) is 0. The summed E-state index contributed by atoms with van der Waals surface area (Å²) in [7, 11) is 7.33. The molecule has 0 aromatic heterocycles. The third kappa shape index (κ3) is 26.4. The van der Waals surface area contributed by atoms with Crippen LogP contribution in [0.2, 0.25) is 0 Å². The molecule has 8 heteroatoms. The molecular formula is C19H32N2O5S. The Morgan fingerprint density at radius 3 is 1.44 bits per heavy atom. The van der Waals surface area contributed by atoms with E-state index >= 15 is 0 Å². The summed E-state index contributed by atoms with van der Waals surface area (Å²) in [6.45, 7) is 2.04. The molecule has 0 aliphatic rings. The van der Waals surface area contributed by atoms with E-state index in [0.29, 0.717) is 0 Å². The lowest BCUT2D eigenvalue weighted by Gasteiger charge is -2.07. The Kier molecular flexibility index (Phi) is 15.3. The Morgan fingerprint density at radius 1 is 0.741 bits per heavy atom. The van der Waals surface area contributed by atoms with Crippen LogP contribution < -0.4 is 4.74 Å². The molecule has 2 aromatic rings. The highest BCUT2D eigenvalue weighted by Crippen LogP contribution is 2.23. The molecule has 0 amide bonds. The van der Waals surface area contributed by atoms with Crippen molar-refractivity contribution in [1.82, 2.24) is 9.80 Å². The van der Waals surface area contributed by atoms with Gasteiger partial charge in [-0.2, -0.15) is 8.42 Å². The predicted octanol–water partition coefficient (Wildman–Crippen LogP) is 3.49. The van der Waals surface area contributed by atoms with Gasteiger partial charge in [-0.3, -0.25) is 9.11 Å². The maximum atomic E-state index is 8.74. The first-order chi connectivity index (χ1) is 12.3. The van der Waals surface area contributed by atoms with Gasteiger partial charge in [0.2, 0.25) is 0 Å². The molecule has 0 heterocycles. The fourth-order valence-corrected chi connectivity index (χ4v) is 1.29. The lowest BCUT2D eigenvalue weighted by Crippen LogP contribution is -1.99. The monoisotopic (exact) mass is 400 g/mol. The first-order valence-corrected chi connectivity index (χ1v) is 9.43. The van der Waals surface area contributed by atoms with Crippen molar-refractivity contribution in [2.45, 2.75) is 6.92 Å². The van der Waals surface area contributed by atoms with Crippen molar-refractivity contribution in [2.24, 2.45) is 0 Å². The molecule has 0 radical (unpaired) electrons. The summed E-state index contributed by atoms with van der Waals surface area (Å²) in [5, 5.41) is 0. The maximum absolute atomic E-state index is 8.74. The number of nitrogens with zero attached hydrogens (tertiary/aromatic N) is 2. The first-order valence-electron chi connectivity index (χ1n) is 8.03. The first kappa shape index (κ1) is 27.3. The number of para-hydroxylation sites is 2. The smallest absolute Gasteiger partial charge is 0.394 e. The van der Waals surface area contributed by atoms with Crippen LogP contribution in [-0.2, 0) is 10.4 Å². The van der Waals surface area contributed by atoms with Crippen molar-refractivity contribution >= 4 is 10.4 Å². The van der Waals surface area contributed by atoms with Crippen LogP contribution in [0.25, 0.3) is 0 Å². The molecule has 7 nitrogen and oxygen atoms in total. The van der Waals surface area contributed by atoms with E-state index in [4.69, 9.17) is 22.3 Å². The number of benzene rings is 2. The van der Waals surface area contributed by atoms with Gasteiger partial charge in [0.25, 0.3) is 0 Å². The predicted molar refractivity (Wildman–Crippen MR) is 111 cm³/mol. The van der Waals surface area contributed by atoms with Crippen LogP contribution in [0.1, 0.15) is 5.56 Å². The maximum Gasteiger partial charge on any atom is 0.394 e. The molecular weight excluding hydrogens is 368 g/mol. The molecule has 0 unspecified atom stereocenters. The summed E-state index contributed by atoms with van der Waals surface area (Å²) >= 11 is 0. The molecule has 0 saturated heterocycles. The number of hydrogen-bond donors (Lipinski definition) is 2. The minimum absolute atomic E-state index is 0.877. The van der Waals surface area contributed by atoms with Gasteiger partial charge in [-0.25, -0.2) is 0 Å². The lowest BCUT2D eigenvalue weighted by molar-refractivity contribution is 0.381. The van der Waals surface area contributed by atoms with Gasteiger partial charge in [0, 0.05) is 0 Å². The molecule has 0 bridgehead atoms. The van der Waals surface area contributed by atoms with Crippen LogP contribution in [0.4, 0.5) is 0 Å². The second-order valence-corrected chi connectivity index (χ2v) is 7.21. The van der Waals surface area contributed by atoms with Crippen molar-refractivity contribution in [2.75, 3.05) is 42.3 Å². The van der Waals surface area contributed by atoms with E-state index < -0.39 is 10.4 Å². The van der Waals surface area contributed by atoms with Crippen LogP contribution in [0.3, 0.4) is 0 Å². The second-order valence-electron chi connectivity index (χ2n) is 6.31. The molecule has 2 N–H and O–H groups in total. The highest BCUT2D eigenvalue weighted by Gasteiger charge is 1.98. The van der Waals surface area contributed by atoms with Crippen molar-refractivity contribution < 1.29 is 22.3 Å². The lowest BCUT2D eigenvalue weighted by atomic mass is 10.2. The van der Waals surface area contributed by atoms with Crippen molar-refractivity contribution in [3.63, 3.8) is 0 Å². The van der Waals surface area contributed by atoms with Crippen molar-refractivity contribution in [3.8, 4) is 11.5 Å². The van der Waals surface area contributed by atoms with E-state index in [1.165, 1.54) is 0 Å². The standard InChI is InChI=1S/C13H12O.2C3H9N.H2O4S/c1-11-7-5-6-10-13(11)14-12-8-3-2-4-9-12;2*1-4(2)3;1-5(2,3)4/h2-10H,1H3;2*1-3H3;(H2,1,2,3,4). The van der Waals surface area contributed by atoms with Crippen molar-refractivity contribution in [3.05, 3.63) is 60.2 Å². The Balaban J connectivity index is 0. The topological polar surface area (TPSA) is 90.3 Å². The third-order valence-corrected chi connectivity index (χ3v) is 2.06. The molecule has 0 aliphatic heterocycles. The molecule has 2 aromatic carbocycles. The molecule has 0 saturated carbocycles. The Labute approximate surface area is 163 Å². The number of aryl methyl sites for hydroxylation is 1. The Morgan fingerprint density at radius 2 is 1.07 bits per heavy atom. The normalized spacial score (nSPS) is 9.89. The van der Waals surface area contributed by atoms with Gasteiger partial charge < -0.3 is 14.5 Å². The molecule has 0 spiro atoms. The van der Waals surface area contributed by atoms with Crippen molar-refractivity contribution in [1.29, 1.82) is 0 Å². The van der Waals surface area contributed by atoms with Gasteiger partial charge in [-0.1, -0.05) is 36.4 Å². The SMILES string of the molecule is CN(C)C.CN(C)C.Cc1ccccc1Oc1ccccc1.O=S(=O)(O)O. The van der Waals surface area contributed by atoms with E-state index in [2.05, 4.69) is 0 Å². The van der Waals surface area contributed by atoms with Gasteiger partial charge >= 0.3 is 10.4 Å². The summed E-state index contributed by atoms with van der Waals surface area (Å²) < 4.78 is 37.3. The van der Waals surface area contributed by atoms with E-state index in [1.807, 2.05) is 114 Å². The number of rotatable bonds is 2. The number of ether oxygens (including phenoxy) is 1. The minimum Gasteiger partial charge on any atom is -0.457 e. The quantitative estimate of drug-likeness (QED) is 0.746. The highest BCUT2D eigenvalue weighted by atomic mass is 32.3. The van der Waals surface area contributed by atoms with Gasteiger partial charge in [0.15, 0.2) is 0 Å². The van der Waals surface area contributed by atoms with Crippen LogP contribution >= 0.6 is 0 Å². The van der Waals surface area contributed by atoms with Gasteiger partial charge in [-0.15, -0.1) is 0 Å². The van der Waals surface area contributed by atoms with Crippen LogP contribution in [0.5, 0.6) is 11.5 Å². The average Bonchev–Trinajstić information content (AvgIpc) is 2.48. The van der Waals surface area contributed by atoms with Crippen LogP contribution in [0, 0.1) is 6.92 Å². The molecule has 0 fully saturated rings. The zero-order valence-corrected chi connectivity index (χ0v) is 17.9. The second kappa shape index (κ2) is 15.1. The van der Waals surface area contributed by atoms with E-state index in [9.17, 15) is 0 Å². The van der Waals surface area contributed by atoms with E-state index in [-0.39, 0.29) is 0 Å². The van der Waals surface area contributed by atoms with Crippen LogP contribution in [0.15, 0.2) is 54.6 Å². The van der Waals surface area contributed by atoms with Gasteiger partial charge in [0.1, 0.15) is 11.5 Å². The Hall–Kier alpha value is -1.97. The minimum atomic E-state index is -4.67. The van der Waals surface area contributed by atoms with E-state index in [0.717, 1.165) is 17.1 Å². The molecule has 154 valence electrons. The summed E-state index contributed by atoms with van der Waals surface area (Å²) in [5.74, 6) is 1.79. The highest BCUT2D eigenvalue weighted by molar-refractivity contribution is 7.79. The zero-order chi connectivity index (χ0) is 21.5. The fourth-order valence-electron chi connectivity index (χ4n) is 1.29. The third-order valence-electron chi connectivity index (χ3n) is 2.06. The van der Waals surface area contributed by atoms with Gasteiger partial charge in [-0.05, 0) is 73.0 Å². The molecule has 2 rings (SSSR count). The molecule has 0 aliphatic carbocycles.